The molecule has 12 heteroatoms. The average Bonchev–Trinajstić information content (AvgIpc) is 2.69. The van der Waals surface area contributed by atoms with Crippen LogP contribution >= 0.6 is 12.6 Å². The predicted molar refractivity (Wildman–Crippen MR) is 109 cm³/mol. The molecule has 3 unspecified atom stereocenters. The topological polar surface area (TPSA) is 188 Å². The van der Waals surface area contributed by atoms with Crippen molar-refractivity contribution in [3.63, 3.8) is 0 Å². The zero-order valence-corrected chi connectivity index (χ0v) is 16.8. The summed E-state index contributed by atoms with van der Waals surface area (Å²) in [6.07, 6.45) is -0.553. The molecule has 3 atom stereocenters. The molecule has 1 rings (SSSR count). The van der Waals surface area contributed by atoms with Crippen molar-refractivity contribution in [2.24, 2.45) is 5.73 Å². The fraction of sp³-hybridized carbons (Fsp3) is 0.389. The van der Waals surface area contributed by atoms with E-state index in [4.69, 9.17) is 15.9 Å². The minimum Gasteiger partial charge on any atom is -0.481 e. The second kappa shape index (κ2) is 12.4. The number of aliphatic carboxylic acids is 2. The van der Waals surface area contributed by atoms with Crippen molar-refractivity contribution in [1.82, 2.24) is 16.0 Å². The van der Waals surface area contributed by atoms with E-state index < -0.39 is 60.8 Å². The third-order valence-electron chi connectivity index (χ3n) is 3.89. The first kappa shape index (κ1) is 24.9. The standard InChI is InChI=1S/C18H24N4O7S/c19-11(6-10-4-2-1-3-5-10)16(26)22-12(7-15(24)25)17(27)20-8-14(23)21-13(9-30)18(28)29/h1-5,11-13,30H,6-9,19H2,(H,20,27)(H,21,23)(H,22,26)(H,24,25)(H,28,29). The van der Waals surface area contributed by atoms with Crippen LogP contribution in [0.1, 0.15) is 12.0 Å². The summed E-state index contributed by atoms with van der Waals surface area (Å²) in [7, 11) is 0. The molecule has 0 radical (unpaired) electrons. The van der Waals surface area contributed by atoms with Gasteiger partial charge in [-0.25, -0.2) is 4.79 Å². The molecule has 0 aromatic heterocycles. The van der Waals surface area contributed by atoms with Gasteiger partial charge >= 0.3 is 11.9 Å². The van der Waals surface area contributed by atoms with Gasteiger partial charge in [-0.2, -0.15) is 12.6 Å². The second-order valence-electron chi connectivity index (χ2n) is 6.31. The molecule has 7 N–H and O–H groups in total. The fourth-order valence-corrected chi connectivity index (χ4v) is 2.59. The van der Waals surface area contributed by atoms with Gasteiger partial charge < -0.3 is 31.9 Å². The van der Waals surface area contributed by atoms with Crippen LogP contribution in [0.3, 0.4) is 0 Å². The monoisotopic (exact) mass is 440 g/mol. The number of nitrogens with two attached hydrogens (primary N) is 1. The lowest BCUT2D eigenvalue weighted by atomic mass is 10.1. The van der Waals surface area contributed by atoms with Crippen molar-refractivity contribution < 1.29 is 34.2 Å². The van der Waals surface area contributed by atoms with Gasteiger partial charge in [0.25, 0.3) is 0 Å². The van der Waals surface area contributed by atoms with Gasteiger partial charge in [0.15, 0.2) is 0 Å². The lowest BCUT2D eigenvalue weighted by molar-refractivity contribution is -0.142. The first-order valence-electron chi connectivity index (χ1n) is 8.86. The fourth-order valence-electron chi connectivity index (χ4n) is 2.34. The molecule has 0 fully saturated rings. The van der Waals surface area contributed by atoms with Crippen LogP contribution in [0.4, 0.5) is 0 Å². The Kier molecular flexibility index (Phi) is 10.3. The van der Waals surface area contributed by atoms with Crippen LogP contribution < -0.4 is 21.7 Å². The number of carbonyl (C=O) groups excluding carboxylic acids is 3. The van der Waals surface area contributed by atoms with E-state index in [-0.39, 0.29) is 12.2 Å². The Labute approximate surface area is 177 Å². The predicted octanol–water partition coefficient (Wildman–Crippen LogP) is -1.87. The molecule has 0 aliphatic heterocycles. The lowest BCUT2D eigenvalue weighted by Crippen LogP contribution is -2.54. The van der Waals surface area contributed by atoms with E-state index in [0.29, 0.717) is 0 Å². The van der Waals surface area contributed by atoms with E-state index in [2.05, 4.69) is 28.6 Å². The Bertz CT molecular complexity index is 775. The Morgan fingerprint density at radius 3 is 2.13 bits per heavy atom. The largest absolute Gasteiger partial charge is 0.481 e. The number of amides is 3. The molecule has 11 nitrogen and oxygen atoms in total. The molecule has 30 heavy (non-hydrogen) atoms. The average molecular weight is 440 g/mol. The van der Waals surface area contributed by atoms with Crippen LogP contribution in [-0.2, 0) is 30.4 Å². The molecule has 1 aromatic carbocycles. The van der Waals surface area contributed by atoms with Gasteiger partial charge in [0, 0.05) is 5.75 Å². The Hall–Kier alpha value is -3.12. The van der Waals surface area contributed by atoms with Gasteiger partial charge in [0.05, 0.1) is 19.0 Å². The molecule has 0 saturated heterocycles. The summed E-state index contributed by atoms with van der Waals surface area (Å²) in [6.45, 7) is -0.613. The molecule has 164 valence electrons. The van der Waals surface area contributed by atoms with E-state index in [9.17, 15) is 24.0 Å². The van der Waals surface area contributed by atoms with Crippen molar-refractivity contribution in [3.05, 3.63) is 35.9 Å². The number of rotatable bonds is 12. The minimum atomic E-state index is -1.47. The zero-order valence-electron chi connectivity index (χ0n) is 15.9. The molecular formula is C18H24N4O7S. The maximum absolute atomic E-state index is 12.3. The minimum absolute atomic E-state index is 0.161. The number of carboxylic acid groups (broad SMARTS) is 2. The highest BCUT2D eigenvalue weighted by molar-refractivity contribution is 7.80. The number of hydrogen-bond donors (Lipinski definition) is 7. The molecule has 3 amide bonds. The second-order valence-corrected chi connectivity index (χ2v) is 6.68. The number of carboxylic acids is 2. The van der Waals surface area contributed by atoms with Crippen LogP contribution in [0.5, 0.6) is 0 Å². The molecule has 0 heterocycles. The molecule has 0 bridgehead atoms. The quantitative estimate of drug-likeness (QED) is 0.184. The Morgan fingerprint density at radius 1 is 0.967 bits per heavy atom. The maximum Gasteiger partial charge on any atom is 0.327 e. The van der Waals surface area contributed by atoms with Gasteiger partial charge in [-0.15, -0.1) is 0 Å². The third kappa shape index (κ3) is 8.92. The van der Waals surface area contributed by atoms with E-state index in [1.165, 1.54) is 0 Å². The highest BCUT2D eigenvalue weighted by Gasteiger charge is 2.27. The molecule has 0 aliphatic rings. The first-order valence-corrected chi connectivity index (χ1v) is 9.49. The lowest BCUT2D eigenvalue weighted by Gasteiger charge is -2.20. The SMILES string of the molecule is NC(Cc1ccccc1)C(=O)NC(CC(=O)O)C(=O)NCC(=O)NC(CS)C(=O)O. The summed E-state index contributed by atoms with van der Waals surface area (Å²) < 4.78 is 0. The van der Waals surface area contributed by atoms with Crippen molar-refractivity contribution in [2.75, 3.05) is 12.3 Å². The van der Waals surface area contributed by atoms with Crippen molar-refractivity contribution in [2.45, 2.75) is 31.0 Å². The van der Waals surface area contributed by atoms with Gasteiger partial charge in [-0.05, 0) is 12.0 Å². The molecule has 0 aliphatic carbocycles. The van der Waals surface area contributed by atoms with Crippen molar-refractivity contribution >= 4 is 42.3 Å². The van der Waals surface area contributed by atoms with Crippen molar-refractivity contribution in [1.29, 1.82) is 0 Å². The smallest absolute Gasteiger partial charge is 0.327 e. The first-order chi connectivity index (χ1) is 14.1. The zero-order chi connectivity index (χ0) is 22.7. The van der Waals surface area contributed by atoms with Crippen LogP contribution in [-0.4, -0.2) is 70.3 Å². The summed E-state index contributed by atoms with van der Waals surface area (Å²) in [5.74, 6) is -5.28. The Morgan fingerprint density at radius 2 is 1.60 bits per heavy atom. The van der Waals surface area contributed by atoms with Crippen LogP contribution in [0.15, 0.2) is 30.3 Å². The molecular weight excluding hydrogens is 416 g/mol. The summed E-state index contributed by atoms with van der Waals surface area (Å²) in [4.78, 5) is 58.2. The van der Waals surface area contributed by atoms with Gasteiger partial charge in [-0.3, -0.25) is 19.2 Å². The third-order valence-corrected chi connectivity index (χ3v) is 4.25. The Balaban J connectivity index is 2.65. The van der Waals surface area contributed by atoms with E-state index in [0.717, 1.165) is 5.56 Å². The normalized spacial score (nSPS) is 13.4. The van der Waals surface area contributed by atoms with E-state index >= 15 is 0 Å². The summed E-state index contributed by atoms with van der Waals surface area (Å²) in [5.41, 5.74) is 6.62. The number of thiol groups is 1. The molecule has 1 aromatic rings. The highest BCUT2D eigenvalue weighted by atomic mass is 32.1. The number of benzene rings is 1. The molecule has 0 spiro atoms. The highest BCUT2D eigenvalue weighted by Crippen LogP contribution is 2.03. The van der Waals surface area contributed by atoms with Crippen LogP contribution in [0.2, 0.25) is 0 Å². The number of hydrogen-bond acceptors (Lipinski definition) is 7. The van der Waals surface area contributed by atoms with E-state index in [1.54, 1.807) is 30.3 Å². The summed E-state index contributed by atoms with van der Waals surface area (Å²) in [5, 5.41) is 24.4. The maximum atomic E-state index is 12.3. The number of carbonyl (C=O) groups is 5. The van der Waals surface area contributed by atoms with Crippen LogP contribution in [0, 0.1) is 0 Å². The van der Waals surface area contributed by atoms with Gasteiger partial charge in [-0.1, -0.05) is 30.3 Å². The van der Waals surface area contributed by atoms with Gasteiger partial charge in [0.2, 0.25) is 17.7 Å². The van der Waals surface area contributed by atoms with E-state index in [1.807, 2.05) is 0 Å². The molecule has 0 saturated carbocycles. The number of nitrogens with one attached hydrogen (secondary N) is 3. The van der Waals surface area contributed by atoms with Crippen molar-refractivity contribution in [3.8, 4) is 0 Å². The summed E-state index contributed by atoms with van der Waals surface area (Å²) >= 11 is 3.79. The van der Waals surface area contributed by atoms with Gasteiger partial charge in [0.1, 0.15) is 12.1 Å². The summed E-state index contributed by atoms with van der Waals surface area (Å²) in [6, 6.07) is 5.14. The van der Waals surface area contributed by atoms with Crippen LogP contribution in [0.25, 0.3) is 0 Å².